The van der Waals surface area contributed by atoms with E-state index in [-0.39, 0.29) is 12.0 Å². The highest BCUT2D eigenvalue weighted by Crippen LogP contribution is 2.17. The molecule has 0 heterocycles. The fourth-order valence-corrected chi connectivity index (χ4v) is 1.84. The topological polar surface area (TPSA) is 41.6 Å². The molecule has 0 aliphatic heterocycles. The van der Waals surface area contributed by atoms with Crippen LogP contribution in [0.4, 0.5) is 5.69 Å². The molecule has 1 amide bonds. The van der Waals surface area contributed by atoms with Crippen LogP contribution in [0.5, 0.6) is 0 Å². The molecular formula is C16H26N2O2. The van der Waals surface area contributed by atoms with Gasteiger partial charge in [-0.3, -0.25) is 4.79 Å². The standard InChI is InChI=1S/C16H26N2O2/c1-12(2)17-15-9-7-6-8-14(15)16(19)18(5)10-11-20-13(3)4/h6-9,12-13,17H,10-11H2,1-5H3. The monoisotopic (exact) mass is 278 g/mol. The summed E-state index contributed by atoms with van der Waals surface area (Å²) in [5, 5.41) is 3.30. The first kappa shape index (κ1) is 16.5. The van der Waals surface area contributed by atoms with Crippen molar-refractivity contribution >= 4 is 11.6 Å². The number of nitrogens with zero attached hydrogens (tertiary/aromatic N) is 1. The lowest BCUT2D eigenvalue weighted by molar-refractivity contribution is 0.0532. The van der Waals surface area contributed by atoms with Crippen molar-refractivity contribution in [3.8, 4) is 0 Å². The molecule has 0 radical (unpaired) electrons. The summed E-state index contributed by atoms with van der Waals surface area (Å²) in [5.41, 5.74) is 1.58. The number of carbonyl (C=O) groups is 1. The van der Waals surface area contributed by atoms with Crippen molar-refractivity contribution in [2.75, 3.05) is 25.5 Å². The maximum atomic E-state index is 12.5. The van der Waals surface area contributed by atoms with Gasteiger partial charge in [0.25, 0.3) is 5.91 Å². The van der Waals surface area contributed by atoms with E-state index in [1.807, 2.05) is 38.1 Å². The molecule has 0 atom stereocenters. The highest BCUT2D eigenvalue weighted by Gasteiger charge is 2.15. The van der Waals surface area contributed by atoms with E-state index in [0.717, 1.165) is 5.69 Å². The van der Waals surface area contributed by atoms with Crippen molar-refractivity contribution in [1.29, 1.82) is 0 Å². The van der Waals surface area contributed by atoms with Crippen LogP contribution in [0.15, 0.2) is 24.3 Å². The molecule has 0 aliphatic carbocycles. The molecule has 4 nitrogen and oxygen atoms in total. The summed E-state index contributed by atoms with van der Waals surface area (Å²) in [5.74, 6) is 0.0149. The molecule has 1 N–H and O–H groups in total. The number of hydrogen-bond donors (Lipinski definition) is 1. The van der Waals surface area contributed by atoms with Gasteiger partial charge in [-0.1, -0.05) is 12.1 Å². The van der Waals surface area contributed by atoms with E-state index in [4.69, 9.17) is 4.74 Å². The number of amides is 1. The summed E-state index contributed by atoms with van der Waals surface area (Å²) >= 11 is 0. The quantitative estimate of drug-likeness (QED) is 0.833. The molecule has 112 valence electrons. The first-order valence-corrected chi connectivity index (χ1v) is 7.14. The molecule has 4 heteroatoms. The normalized spacial score (nSPS) is 10.9. The molecule has 1 aromatic rings. The van der Waals surface area contributed by atoms with Gasteiger partial charge < -0.3 is 15.0 Å². The number of hydrogen-bond acceptors (Lipinski definition) is 3. The molecular weight excluding hydrogens is 252 g/mol. The first-order chi connectivity index (χ1) is 9.41. The van der Waals surface area contributed by atoms with Gasteiger partial charge in [0, 0.05) is 25.3 Å². The van der Waals surface area contributed by atoms with Gasteiger partial charge in [-0.2, -0.15) is 0 Å². The van der Waals surface area contributed by atoms with E-state index in [9.17, 15) is 4.79 Å². The largest absolute Gasteiger partial charge is 0.382 e. The summed E-state index contributed by atoms with van der Waals surface area (Å²) in [4.78, 5) is 14.2. The number of nitrogens with one attached hydrogen (secondary N) is 1. The predicted molar refractivity (Wildman–Crippen MR) is 83.2 cm³/mol. The summed E-state index contributed by atoms with van der Waals surface area (Å²) in [6, 6.07) is 7.90. The van der Waals surface area contributed by atoms with Gasteiger partial charge in [0.2, 0.25) is 0 Å². The maximum Gasteiger partial charge on any atom is 0.255 e. The van der Waals surface area contributed by atoms with Crippen LogP contribution < -0.4 is 5.32 Å². The van der Waals surface area contributed by atoms with Crippen molar-refractivity contribution < 1.29 is 9.53 Å². The smallest absolute Gasteiger partial charge is 0.255 e. The highest BCUT2D eigenvalue weighted by atomic mass is 16.5. The van der Waals surface area contributed by atoms with Crippen molar-refractivity contribution in [3.63, 3.8) is 0 Å². The van der Waals surface area contributed by atoms with Crippen molar-refractivity contribution in [2.45, 2.75) is 39.8 Å². The van der Waals surface area contributed by atoms with E-state index in [0.29, 0.717) is 24.8 Å². The van der Waals surface area contributed by atoms with Gasteiger partial charge in [-0.15, -0.1) is 0 Å². The van der Waals surface area contributed by atoms with Gasteiger partial charge in [0.15, 0.2) is 0 Å². The Bertz CT molecular complexity index is 430. The molecule has 0 saturated carbocycles. The molecule has 0 unspecified atom stereocenters. The Labute approximate surface area is 122 Å². The van der Waals surface area contributed by atoms with Crippen LogP contribution in [-0.2, 0) is 4.74 Å². The fourth-order valence-electron chi connectivity index (χ4n) is 1.84. The molecule has 0 saturated heterocycles. The summed E-state index contributed by atoms with van der Waals surface area (Å²) in [6.45, 7) is 9.24. The van der Waals surface area contributed by atoms with Crippen LogP contribution in [-0.4, -0.2) is 43.2 Å². The second kappa shape index (κ2) is 7.90. The lowest BCUT2D eigenvalue weighted by Gasteiger charge is -2.21. The third-order valence-electron chi connectivity index (χ3n) is 2.83. The Hall–Kier alpha value is -1.55. The minimum Gasteiger partial charge on any atom is -0.382 e. The average Bonchev–Trinajstić information content (AvgIpc) is 2.37. The van der Waals surface area contributed by atoms with Crippen LogP contribution in [0.3, 0.4) is 0 Å². The summed E-state index contributed by atoms with van der Waals surface area (Å²) in [7, 11) is 1.80. The molecule has 20 heavy (non-hydrogen) atoms. The zero-order valence-corrected chi connectivity index (χ0v) is 13.1. The van der Waals surface area contributed by atoms with Crippen LogP contribution in [0.1, 0.15) is 38.1 Å². The predicted octanol–water partition coefficient (Wildman–Crippen LogP) is 3.00. The highest BCUT2D eigenvalue weighted by molar-refractivity contribution is 5.99. The summed E-state index contributed by atoms with van der Waals surface area (Å²) in [6.07, 6.45) is 0.188. The zero-order chi connectivity index (χ0) is 15.1. The number of anilines is 1. The molecule has 0 aliphatic rings. The number of para-hydroxylation sites is 1. The number of likely N-dealkylation sites (N-methyl/N-ethyl adjacent to an activating group) is 1. The molecule has 0 fully saturated rings. The van der Waals surface area contributed by atoms with Gasteiger partial charge in [0.1, 0.15) is 0 Å². The van der Waals surface area contributed by atoms with Gasteiger partial charge in [-0.05, 0) is 39.8 Å². The third kappa shape index (κ3) is 5.21. The van der Waals surface area contributed by atoms with E-state index in [2.05, 4.69) is 19.2 Å². The van der Waals surface area contributed by atoms with Crippen molar-refractivity contribution in [1.82, 2.24) is 4.90 Å². The Morgan fingerprint density at radius 2 is 1.90 bits per heavy atom. The lowest BCUT2D eigenvalue weighted by Crippen LogP contribution is -2.31. The number of benzene rings is 1. The van der Waals surface area contributed by atoms with Gasteiger partial charge in [-0.25, -0.2) is 0 Å². The number of rotatable bonds is 7. The Kier molecular flexibility index (Phi) is 6.52. The molecule has 0 spiro atoms. The maximum absolute atomic E-state index is 12.5. The second-order valence-electron chi connectivity index (χ2n) is 5.49. The molecule has 1 aromatic carbocycles. The van der Waals surface area contributed by atoms with Crippen LogP contribution >= 0.6 is 0 Å². The Morgan fingerprint density at radius 1 is 1.25 bits per heavy atom. The van der Waals surface area contributed by atoms with E-state index in [1.54, 1.807) is 11.9 Å². The average molecular weight is 278 g/mol. The zero-order valence-electron chi connectivity index (χ0n) is 13.1. The minimum atomic E-state index is 0.0149. The first-order valence-electron chi connectivity index (χ1n) is 7.14. The number of carbonyl (C=O) groups excluding carboxylic acids is 1. The third-order valence-corrected chi connectivity index (χ3v) is 2.83. The Balaban J connectivity index is 2.70. The Morgan fingerprint density at radius 3 is 2.50 bits per heavy atom. The SMILES string of the molecule is CC(C)Nc1ccccc1C(=O)N(C)CCOC(C)C. The van der Waals surface area contributed by atoms with Crippen LogP contribution in [0, 0.1) is 0 Å². The molecule has 0 bridgehead atoms. The van der Waals surface area contributed by atoms with E-state index in [1.165, 1.54) is 0 Å². The van der Waals surface area contributed by atoms with E-state index < -0.39 is 0 Å². The van der Waals surface area contributed by atoms with Crippen LogP contribution in [0.2, 0.25) is 0 Å². The van der Waals surface area contributed by atoms with Gasteiger partial charge >= 0.3 is 0 Å². The van der Waals surface area contributed by atoms with Crippen LogP contribution in [0.25, 0.3) is 0 Å². The fraction of sp³-hybridized carbons (Fsp3) is 0.562. The van der Waals surface area contributed by atoms with Gasteiger partial charge in [0.05, 0.1) is 18.3 Å². The summed E-state index contributed by atoms with van der Waals surface area (Å²) < 4.78 is 5.48. The lowest BCUT2D eigenvalue weighted by atomic mass is 10.1. The molecule has 1 rings (SSSR count). The second-order valence-corrected chi connectivity index (χ2v) is 5.49. The molecule has 0 aromatic heterocycles. The van der Waals surface area contributed by atoms with Crippen molar-refractivity contribution in [2.24, 2.45) is 0 Å². The van der Waals surface area contributed by atoms with E-state index >= 15 is 0 Å². The minimum absolute atomic E-state index is 0.0149. The number of ether oxygens (including phenoxy) is 1. The van der Waals surface area contributed by atoms with Crippen molar-refractivity contribution in [3.05, 3.63) is 29.8 Å².